The average Bonchev–Trinajstić information content (AvgIpc) is 2.87. The standard InChI is InChI=1S/C14H15ClN2OS/c1-10-8-12(14(15)16-9-10)17-13(18)6-2-4-11-5-3-7-19-11/h3,5,7-9H,2,4,6H2,1H3,(H,17,18). The van der Waals surface area contributed by atoms with Gasteiger partial charge >= 0.3 is 0 Å². The molecule has 1 amide bonds. The molecule has 0 fully saturated rings. The quantitative estimate of drug-likeness (QED) is 0.845. The van der Waals surface area contributed by atoms with Crippen LogP contribution < -0.4 is 5.32 Å². The third-order valence-corrected chi connectivity index (χ3v) is 3.89. The molecule has 2 heterocycles. The lowest BCUT2D eigenvalue weighted by Crippen LogP contribution is -2.12. The number of hydrogen-bond acceptors (Lipinski definition) is 3. The van der Waals surface area contributed by atoms with Crippen LogP contribution in [0.15, 0.2) is 29.8 Å². The lowest BCUT2D eigenvalue weighted by atomic mass is 10.2. The Morgan fingerprint density at radius 2 is 2.37 bits per heavy atom. The van der Waals surface area contributed by atoms with Crippen LogP contribution in [0.4, 0.5) is 5.69 Å². The molecule has 0 saturated carbocycles. The molecule has 0 aromatic carbocycles. The van der Waals surface area contributed by atoms with Crippen LogP contribution in [-0.2, 0) is 11.2 Å². The highest BCUT2D eigenvalue weighted by Crippen LogP contribution is 2.20. The summed E-state index contributed by atoms with van der Waals surface area (Å²) in [5.41, 5.74) is 1.56. The van der Waals surface area contributed by atoms with E-state index >= 15 is 0 Å². The topological polar surface area (TPSA) is 42.0 Å². The van der Waals surface area contributed by atoms with Crippen molar-refractivity contribution in [2.45, 2.75) is 26.2 Å². The normalized spacial score (nSPS) is 10.4. The molecule has 2 aromatic rings. The molecule has 0 aliphatic heterocycles. The van der Waals surface area contributed by atoms with Crippen molar-refractivity contribution in [3.63, 3.8) is 0 Å². The summed E-state index contributed by atoms with van der Waals surface area (Å²) in [5, 5.41) is 5.18. The molecule has 1 N–H and O–H groups in total. The second-order valence-corrected chi connectivity index (χ2v) is 5.72. The number of thiophene rings is 1. The maximum absolute atomic E-state index is 11.8. The zero-order valence-electron chi connectivity index (χ0n) is 10.6. The lowest BCUT2D eigenvalue weighted by molar-refractivity contribution is -0.116. The fourth-order valence-electron chi connectivity index (χ4n) is 1.73. The SMILES string of the molecule is Cc1cnc(Cl)c(NC(=O)CCCc2cccs2)c1. The molecular formula is C14H15ClN2OS. The Morgan fingerprint density at radius 3 is 3.11 bits per heavy atom. The maximum atomic E-state index is 11.8. The summed E-state index contributed by atoms with van der Waals surface area (Å²) in [6.45, 7) is 1.91. The van der Waals surface area contributed by atoms with Crippen molar-refractivity contribution in [3.05, 3.63) is 45.4 Å². The van der Waals surface area contributed by atoms with Crippen LogP contribution in [0.5, 0.6) is 0 Å². The summed E-state index contributed by atoms with van der Waals surface area (Å²) in [5.74, 6) is -0.0224. The van der Waals surface area contributed by atoms with Gasteiger partial charge in [0.25, 0.3) is 0 Å². The summed E-state index contributed by atoms with van der Waals surface area (Å²) in [6.07, 6.45) is 3.94. The van der Waals surface area contributed by atoms with Gasteiger partial charge in [-0.05, 0) is 42.8 Å². The molecule has 0 bridgehead atoms. The minimum Gasteiger partial charge on any atom is -0.323 e. The molecule has 3 nitrogen and oxygen atoms in total. The highest BCUT2D eigenvalue weighted by atomic mass is 35.5. The first kappa shape index (κ1) is 14.0. The first-order valence-electron chi connectivity index (χ1n) is 6.09. The van der Waals surface area contributed by atoms with Crippen LogP contribution in [0.25, 0.3) is 0 Å². The van der Waals surface area contributed by atoms with E-state index in [1.165, 1.54) is 4.88 Å². The zero-order valence-corrected chi connectivity index (χ0v) is 12.2. The van der Waals surface area contributed by atoms with Crippen LogP contribution in [0.2, 0.25) is 5.15 Å². The van der Waals surface area contributed by atoms with E-state index in [4.69, 9.17) is 11.6 Å². The van der Waals surface area contributed by atoms with Crippen molar-refractivity contribution in [2.24, 2.45) is 0 Å². The molecule has 2 aromatic heterocycles. The van der Waals surface area contributed by atoms with Gasteiger partial charge in [0.2, 0.25) is 5.91 Å². The number of anilines is 1. The largest absolute Gasteiger partial charge is 0.323 e. The fraction of sp³-hybridized carbons (Fsp3) is 0.286. The van der Waals surface area contributed by atoms with E-state index in [1.807, 2.05) is 24.4 Å². The molecule has 19 heavy (non-hydrogen) atoms. The van der Waals surface area contributed by atoms with Crippen molar-refractivity contribution in [1.82, 2.24) is 4.98 Å². The summed E-state index contributed by atoms with van der Waals surface area (Å²) in [7, 11) is 0. The molecule has 0 spiro atoms. The molecule has 2 rings (SSSR count). The van der Waals surface area contributed by atoms with E-state index in [2.05, 4.69) is 16.4 Å². The molecule has 100 valence electrons. The van der Waals surface area contributed by atoms with Crippen molar-refractivity contribution < 1.29 is 4.79 Å². The molecule has 5 heteroatoms. The Kier molecular flexibility index (Phi) is 4.93. The highest BCUT2D eigenvalue weighted by Gasteiger charge is 2.07. The number of amides is 1. The second-order valence-electron chi connectivity index (χ2n) is 4.33. The Bertz CT molecular complexity index is 555. The van der Waals surface area contributed by atoms with E-state index < -0.39 is 0 Å². The molecule has 0 aliphatic rings. The van der Waals surface area contributed by atoms with Crippen molar-refractivity contribution >= 4 is 34.5 Å². The number of aromatic nitrogens is 1. The van der Waals surface area contributed by atoms with E-state index in [0.717, 1.165) is 18.4 Å². The Morgan fingerprint density at radius 1 is 1.53 bits per heavy atom. The first-order chi connectivity index (χ1) is 9.15. The number of hydrogen-bond donors (Lipinski definition) is 1. The predicted octanol–water partition coefficient (Wildman–Crippen LogP) is 4.07. The number of pyridine rings is 1. The Hall–Kier alpha value is -1.39. The Balaban J connectivity index is 1.82. The smallest absolute Gasteiger partial charge is 0.224 e. The van der Waals surface area contributed by atoms with Gasteiger partial charge in [-0.15, -0.1) is 11.3 Å². The fourth-order valence-corrected chi connectivity index (χ4v) is 2.63. The van der Waals surface area contributed by atoms with E-state index in [9.17, 15) is 4.79 Å². The minimum atomic E-state index is -0.0224. The molecule has 0 atom stereocenters. The summed E-state index contributed by atoms with van der Waals surface area (Å²) in [6, 6.07) is 5.94. The van der Waals surface area contributed by atoms with Crippen molar-refractivity contribution in [1.29, 1.82) is 0 Å². The Labute approximate surface area is 121 Å². The van der Waals surface area contributed by atoms with Gasteiger partial charge in [0.05, 0.1) is 5.69 Å². The van der Waals surface area contributed by atoms with Crippen molar-refractivity contribution in [2.75, 3.05) is 5.32 Å². The summed E-state index contributed by atoms with van der Waals surface area (Å²) < 4.78 is 0. The monoisotopic (exact) mass is 294 g/mol. The van der Waals surface area contributed by atoms with E-state index in [0.29, 0.717) is 17.3 Å². The number of rotatable bonds is 5. The number of aryl methyl sites for hydroxylation is 2. The molecule has 0 unspecified atom stereocenters. The second kappa shape index (κ2) is 6.68. The third kappa shape index (κ3) is 4.33. The molecular weight excluding hydrogens is 280 g/mol. The highest BCUT2D eigenvalue weighted by molar-refractivity contribution is 7.09. The summed E-state index contributed by atoms with van der Waals surface area (Å²) >= 11 is 7.65. The third-order valence-electron chi connectivity index (χ3n) is 2.66. The van der Waals surface area contributed by atoms with Gasteiger partial charge in [-0.3, -0.25) is 4.79 Å². The van der Waals surface area contributed by atoms with Gasteiger partial charge in [0.1, 0.15) is 0 Å². The lowest BCUT2D eigenvalue weighted by Gasteiger charge is -2.07. The molecule has 0 saturated heterocycles. The van der Waals surface area contributed by atoms with E-state index in [-0.39, 0.29) is 5.91 Å². The van der Waals surface area contributed by atoms with E-state index in [1.54, 1.807) is 17.5 Å². The van der Waals surface area contributed by atoms with Gasteiger partial charge < -0.3 is 5.32 Å². The molecule has 0 radical (unpaired) electrons. The first-order valence-corrected chi connectivity index (χ1v) is 7.35. The number of nitrogens with zero attached hydrogens (tertiary/aromatic N) is 1. The number of halogens is 1. The van der Waals surface area contributed by atoms with Crippen LogP contribution >= 0.6 is 22.9 Å². The van der Waals surface area contributed by atoms with Gasteiger partial charge in [0, 0.05) is 17.5 Å². The van der Waals surface area contributed by atoms with Gasteiger partial charge in [0.15, 0.2) is 5.15 Å². The van der Waals surface area contributed by atoms with Crippen LogP contribution in [0.1, 0.15) is 23.3 Å². The summed E-state index contributed by atoms with van der Waals surface area (Å²) in [4.78, 5) is 17.1. The van der Waals surface area contributed by atoms with Gasteiger partial charge in [-0.1, -0.05) is 17.7 Å². The predicted molar refractivity (Wildman–Crippen MR) is 79.9 cm³/mol. The molecule has 0 aliphatic carbocycles. The van der Waals surface area contributed by atoms with Gasteiger partial charge in [-0.25, -0.2) is 4.98 Å². The minimum absolute atomic E-state index is 0.0224. The number of carbonyl (C=O) groups excluding carboxylic acids is 1. The van der Waals surface area contributed by atoms with Crippen LogP contribution in [-0.4, -0.2) is 10.9 Å². The van der Waals surface area contributed by atoms with Crippen molar-refractivity contribution in [3.8, 4) is 0 Å². The number of carbonyl (C=O) groups is 1. The van der Waals surface area contributed by atoms with Gasteiger partial charge in [-0.2, -0.15) is 0 Å². The maximum Gasteiger partial charge on any atom is 0.224 e. The number of nitrogens with one attached hydrogen (secondary N) is 1. The van der Waals surface area contributed by atoms with Crippen LogP contribution in [0.3, 0.4) is 0 Å². The average molecular weight is 295 g/mol. The van der Waals surface area contributed by atoms with Crippen LogP contribution in [0, 0.1) is 6.92 Å². The zero-order chi connectivity index (χ0) is 13.7.